The van der Waals surface area contributed by atoms with E-state index in [0.717, 1.165) is 60.9 Å². The number of fused-ring (bicyclic) bond motifs is 3. The third-order valence-electron chi connectivity index (χ3n) is 8.69. The maximum Gasteiger partial charge on any atom is 0.212 e. The summed E-state index contributed by atoms with van der Waals surface area (Å²) >= 11 is 0. The van der Waals surface area contributed by atoms with Crippen LogP contribution in [0.2, 0.25) is 0 Å². The molecule has 0 radical (unpaired) electrons. The normalized spacial score (nSPS) is 21.3. The fraction of sp³-hybridized carbons (Fsp3) is 0.400. The van der Waals surface area contributed by atoms with Crippen molar-refractivity contribution in [1.82, 2.24) is 24.5 Å². The Labute approximate surface area is 235 Å². The lowest BCUT2D eigenvalue weighted by molar-refractivity contribution is -0.00876. The topological polar surface area (TPSA) is 85.8 Å². The molecule has 8 heterocycles. The summed E-state index contributed by atoms with van der Waals surface area (Å²) in [6, 6.07) is 13.9. The number of ether oxygens (including phenoxy) is 1. The number of rotatable bonds is 6. The number of nitrogens with zero attached hydrogens (tertiary/aromatic N) is 8. The van der Waals surface area contributed by atoms with Crippen LogP contribution < -0.4 is 14.5 Å². The van der Waals surface area contributed by atoms with Crippen molar-refractivity contribution in [1.29, 1.82) is 5.26 Å². The van der Waals surface area contributed by atoms with E-state index in [4.69, 9.17) is 9.72 Å². The van der Waals surface area contributed by atoms with Gasteiger partial charge in [0.15, 0.2) is 0 Å². The van der Waals surface area contributed by atoms with E-state index >= 15 is 0 Å². The minimum atomic E-state index is 0.146. The first-order valence-electron chi connectivity index (χ1n) is 13.9. The number of anilines is 2. The van der Waals surface area contributed by atoms with E-state index < -0.39 is 0 Å². The number of pyridine rings is 3. The Morgan fingerprint density at radius 2 is 1.85 bits per heavy atom. The van der Waals surface area contributed by atoms with Crippen LogP contribution in [-0.2, 0) is 6.54 Å². The quantitative estimate of drug-likeness (QED) is 0.331. The van der Waals surface area contributed by atoms with Crippen LogP contribution in [-0.4, -0.2) is 88.8 Å². The molecule has 9 nitrogen and oxygen atoms in total. The van der Waals surface area contributed by atoms with E-state index in [-0.39, 0.29) is 7.92 Å². The van der Waals surface area contributed by atoms with Gasteiger partial charge in [0.2, 0.25) is 5.88 Å². The number of nitriles is 1. The highest BCUT2D eigenvalue weighted by Crippen LogP contribution is 2.38. The van der Waals surface area contributed by atoms with Gasteiger partial charge in [-0.3, -0.25) is 4.90 Å². The first kappa shape index (κ1) is 25.3. The second-order valence-electron chi connectivity index (χ2n) is 11.1. The molecular weight excluding hydrogens is 519 g/mol. The summed E-state index contributed by atoms with van der Waals surface area (Å²) in [6.07, 6.45) is 11.4. The highest BCUT2D eigenvalue weighted by atomic mass is 31.1. The van der Waals surface area contributed by atoms with Crippen molar-refractivity contribution < 1.29 is 4.74 Å². The highest BCUT2D eigenvalue weighted by Gasteiger charge is 2.44. The molecule has 0 amide bonds. The van der Waals surface area contributed by atoms with Crippen molar-refractivity contribution in [2.24, 2.45) is 0 Å². The fourth-order valence-corrected chi connectivity index (χ4v) is 7.74. The molecule has 0 saturated carbocycles. The Bertz CT molecular complexity index is 1540. The standard InChI is InChI=1S/C30H33N8OP/c1-39-29-6-3-21(14-33-29)17-37-25-11-26(37)19-36(18-25)28-5-4-22(15-32-28)27-12-24(35-7-9-40(2)10-8-35)20-38-30(27)23(13-31)16-34-38/h3-6,12,14-16,20,25-26H,7-11,17-19H2,1-2H3. The fourth-order valence-electron chi connectivity index (χ4n) is 6.35. The lowest BCUT2D eigenvalue weighted by atomic mass is 9.87. The smallest absolute Gasteiger partial charge is 0.212 e. The van der Waals surface area contributed by atoms with Crippen LogP contribution in [0.5, 0.6) is 5.88 Å². The predicted octanol–water partition coefficient (Wildman–Crippen LogP) is 4.07. The molecule has 2 unspecified atom stereocenters. The van der Waals surface area contributed by atoms with Gasteiger partial charge in [-0.1, -0.05) is 6.07 Å². The van der Waals surface area contributed by atoms with Crippen LogP contribution in [0.3, 0.4) is 0 Å². The summed E-state index contributed by atoms with van der Waals surface area (Å²) in [5.74, 6) is 1.66. The Hall–Kier alpha value is -3.73. The first-order chi connectivity index (χ1) is 19.6. The van der Waals surface area contributed by atoms with E-state index in [1.807, 2.05) is 23.0 Å². The van der Waals surface area contributed by atoms with E-state index in [1.165, 1.54) is 24.3 Å². The molecule has 10 heteroatoms. The Morgan fingerprint density at radius 3 is 2.52 bits per heavy atom. The second kappa shape index (κ2) is 10.3. The maximum atomic E-state index is 9.78. The molecule has 4 fully saturated rings. The Kier molecular flexibility index (Phi) is 6.53. The first-order valence-corrected chi connectivity index (χ1v) is 16.1. The van der Waals surface area contributed by atoms with Gasteiger partial charge in [-0.15, -0.1) is 7.92 Å². The Morgan fingerprint density at radius 1 is 1.02 bits per heavy atom. The van der Waals surface area contributed by atoms with Gasteiger partial charge in [0.1, 0.15) is 11.9 Å². The van der Waals surface area contributed by atoms with Crippen molar-refractivity contribution in [2.45, 2.75) is 25.0 Å². The zero-order valence-electron chi connectivity index (χ0n) is 22.9. The molecular formula is C30H33N8OP. The van der Waals surface area contributed by atoms with Gasteiger partial charge in [0.05, 0.1) is 36.3 Å². The largest absolute Gasteiger partial charge is 0.481 e. The number of methoxy groups -OCH3 is 1. The van der Waals surface area contributed by atoms with Crippen molar-refractivity contribution >= 4 is 24.9 Å². The lowest BCUT2D eigenvalue weighted by Crippen LogP contribution is -2.68. The van der Waals surface area contributed by atoms with Crippen molar-refractivity contribution in [3.05, 3.63) is 66.2 Å². The molecule has 4 aliphatic heterocycles. The third kappa shape index (κ3) is 4.55. The minimum Gasteiger partial charge on any atom is -0.481 e. The van der Waals surface area contributed by atoms with E-state index in [2.05, 4.69) is 68.0 Å². The lowest BCUT2D eigenvalue weighted by Gasteiger charge is -2.56. The average Bonchev–Trinajstić information content (AvgIpc) is 3.43. The molecule has 4 aliphatic rings. The molecule has 2 atom stereocenters. The molecule has 2 bridgehead atoms. The molecule has 8 rings (SSSR count). The molecule has 0 aliphatic carbocycles. The maximum absolute atomic E-state index is 9.78. The van der Waals surface area contributed by atoms with Gasteiger partial charge in [0, 0.05) is 74.4 Å². The van der Waals surface area contributed by atoms with E-state index in [9.17, 15) is 5.26 Å². The van der Waals surface area contributed by atoms with Crippen molar-refractivity contribution in [2.75, 3.05) is 62.1 Å². The molecule has 4 saturated heterocycles. The SMILES string of the molecule is COc1ccc(CN2C3CC2CN(c2ccc(-c4cc(N5CCP(C)CC5)cn5ncc(C#N)c45)cn2)C3)cn1. The van der Waals surface area contributed by atoms with Crippen molar-refractivity contribution in [3.8, 4) is 23.1 Å². The summed E-state index contributed by atoms with van der Waals surface area (Å²) in [4.78, 5) is 16.7. The molecule has 4 aromatic rings. The van der Waals surface area contributed by atoms with Crippen LogP contribution in [0.4, 0.5) is 11.5 Å². The van der Waals surface area contributed by atoms with Crippen LogP contribution >= 0.6 is 7.92 Å². The number of aromatic nitrogens is 4. The monoisotopic (exact) mass is 552 g/mol. The van der Waals surface area contributed by atoms with Gasteiger partial charge in [-0.25, -0.2) is 14.5 Å². The summed E-state index contributed by atoms with van der Waals surface area (Å²) in [5, 5.41) is 14.3. The highest BCUT2D eigenvalue weighted by molar-refractivity contribution is 7.56. The summed E-state index contributed by atoms with van der Waals surface area (Å²) in [5.41, 5.74) is 5.83. The summed E-state index contributed by atoms with van der Waals surface area (Å²) in [6.45, 7) is 7.40. The minimum absolute atomic E-state index is 0.146. The molecule has 0 N–H and O–H groups in total. The van der Waals surface area contributed by atoms with E-state index in [1.54, 1.807) is 13.3 Å². The average molecular weight is 553 g/mol. The number of hydrogen-bond donors (Lipinski definition) is 0. The van der Waals surface area contributed by atoms with Crippen LogP contribution in [0.25, 0.3) is 16.6 Å². The number of hydrogen-bond acceptors (Lipinski definition) is 8. The van der Waals surface area contributed by atoms with Gasteiger partial charge < -0.3 is 14.5 Å². The number of piperidine rings is 1. The summed E-state index contributed by atoms with van der Waals surface area (Å²) < 4.78 is 7.06. The third-order valence-corrected chi connectivity index (χ3v) is 10.6. The molecule has 4 aromatic heterocycles. The van der Waals surface area contributed by atoms with Crippen LogP contribution in [0.15, 0.2) is 55.1 Å². The van der Waals surface area contributed by atoms with Gasteiger partial charge in [0.25, 0.3) is 0 Å². The zero-order valence-corrected chi connectivity index (χ0v) is 23.8. The predicted molar refractivity (Wildman–Crippen MR) is 159 cm³/mol. The van der Waals surface area contributed by atoms with Crippen LogP contribution in [0, 0.1) is 11.3 Å². The number of piperazine rings is 1. The van der Waals surface area contributed by atoms with Gasteiger partial charge >= 0.3 is 0 Å². The second-order valence-corrected chi connectivity index (χ2v) is 13.7. The zero-order chi connectivity index (χ0) is 27.2. The van der Waals surface area contributed by atoms with E-state index in [0.29, 0.717) is 23.5 Å². The van der Waals surface area contributed by atoms with Crippen molar-refractivity contribution in [3.63, 3.8) is 0 Å². The van der Waals surface area contributed by atoms with Gasteiger partial charge in [-0.05, 0) is 49.2 Å². The molecule has 0 spiro atoms. The molecule has 204 valence electrons. The van der Waals surface area contributed by atoms with Gasteiger partial charge in [-0.2, -0.15) is 10.4 Å². The molecule has 0 aromatic carbocycles. The molecule has 40 heavy (non-hydrogen) atoms. The summed E-state index contributed by atoms with van der Waals surface area (Å²) in [7, 11) is 1.79. The Balaban J connectivity index is 1.10. The van der Waals surface area contributed by atoms with Crippen LogP contribution in [0.1, 0.15) is 17.5 Å².